The van der Waals surface area contributed by atoms with Crippen LogP contribution in [-0.2, 0) is 53.2 Å². The van der Waals surface area contributed by atoms with Crippen LogP contribution in [0.1, 0.15) is 50.0 Å². The number of nitrogen functional groups attached to an aromatic ring is 3. The summed E-state index contributed by atoms with van der Waals surface area (Å²) in [6, 6.07) is 10.4. The molecule has 10 N–H and O–H groups in total. The highest BCUT2D eigenvalue weighted by molar-refractivity contribution is 5.75. The van der Waals surface area contributed by atoms with Crippen molar-refractivity contribution in [2.75, 3.05) is 43.6 Å². The van der Waals surface area contributed by atoms with Gasteiger partial charge < -0.3 is 41.6 Å². The molecule has 2 aromatic carbocycles. The Kier molecular flexibility index (Phi) is 12.7. The molecule has 0 saturated carbocycles. The van der Waals surface area contributed by atoms with Crippen LogP contribution in [0.15, 0.2) is 50.8 Å². The highest BCUT2D eigenvalue weighted by atomic mass is 16.6. The van der Waals surface area contributed by atoms with Crippen LogP contribution < -0.4 is 34.3 Å². The maximum absolute atomic E-state index is 11.8. The molecule has 4 rings (SSSR count). The third-order valence-electron chi connectivity index (χ3n) is 7.21. The molecule has 0 fully saturated rings. The van der Waals surface area contributed by atoms with Crippen LogP contribution in [0.5, 0.6) is 0 Å². The van der Waals surface area contributed by atoms with Gasteiger partial charge in [-0.25, -0.2) is 19.0 Å². The molecule has 4 aromatic rings. The molecule has 17 nitrogen and oxygen atoms in total. The van der Waals surface area contributed by atoms with E-state index in [1.54, 1.807) is 30.3 Å². The van der Waals surface area contributed by atoms with Crippen molar-refractivity contribution in [2.45, 2.75) is 45.3 Å². The molecule has 0 bridgehead atoms. The van der Waals surface area contributed by atoms with Crippen LogP contribution in [0.4, 0.5) is 17.6 Å². The van der Waals surface area contributed by atoms with E-state index in [2.05, 4.69) is 9.97 Å². The maximum atomic E-state index is 11.8. The molecule has 0 aliphatic carbocycles. The zero-order chi connectivity index (χ0) is 34.6. The summed E-state index contributed by atoms with van der Waals surface area (Å²) in [6.07, 6.45) is 0.693. The van der Waals surface area contributed by atoms with E-state index in [-0.39, 0.29) is 50.6 Å². The van der Waals surface area contributed by atoms with Gasteiger partial charge in [-0.1, -0.05) is 18.2 Å². The molecule has 0 amide bonds. The number of anilines is 3. The van der Waals surface area contributed by atoms with Crippen LogP contribution in [0.3, 0.4) is 0 Å². The first-order valence-corrected chi connectivity index (χ1v) is 14.9. The van der Waals surface area contributed by atoms with E-state index in [1.807, 2.05) is 16.0 Å². The van der Waals surface area contributed by atoms with E-state index in [0.29, 0.717) is 60.3 Å². The predicted octanol–water partition coefficient (Wildman–Crippen LogP) is -0.665. The minimum absolute atomic E-state index is 0.00122. The number of carbonyl (C=O) groups is 1. The van der Waals surface area contributed by atoms with E-state index >= 15 is 0 Å². The molecule has 0 spiro atoms. The van der Waals surface area contributed by atoms with Gasteiger partial charge in [-0.3, -0.25) is 14.8 Å². The average Bonchev–Trinajstić information content (AvgIpc) is 3.04. The van der Waals surface area contributed by atoms with Gasteiger partial charge in [-0.2, -0.15) is 9.97 Å². The molecule has 0 radical (unpaired) electrons. The number of aliphatic hydroxyl groups is 2. The van der Waals surface area contributed by atoms with Gasteiger partial charge in [0.25, 0.3) is 0 Å². The maximum Gasteiger partial charge on any atom is 0.333 e. The molecular formula is C31H38N8O9. The predicted molar refractivity (Wildman–Crippen MR) is 174 cm³/mol. The highest BCUT2D eigenvalue weighted by Gasteiger charge is 2.13. The zero-order valence-electron chi connectivity index (χ0n) is 26.0. The summed E-state index contributed by atoms with van der Waals surface area (Å²) in [5, 5.41) is 20.6. The van der Waals surface area contributed by atoms with E-state index < -0.39 is 23.4 Å². The van der Waals surface area contributed by atoms with Gasteiger partial charge in [-0.05, 0) is 53.3 Å². The van der Waals surface area contributed by atoms with Gasteiger partial charge in [0, 0.05) is 23.1 Å². The van der Waals surface area contributed by atoms with Gasteiger partial charge in [0.1, 0.15) is 17.9 Å². The molecule has 2 aromatic heterocycles. The molecule has 1 unspecified atom stereocenters. The molecule has 1 atom stereocenters. The number of hydrogen-bond donors (Lipinski definition) is 7. The summed E-state index contributed by atoms with van der Waals surface area (Å²) in [5.41, 5.74) is 19.0. The molecular weight excluding hydrogens is 628 g/mol. The first-order chi connectivity index (χ1) is 23.1. The standard InChI is InChI=1S/C31H38N8O9/c32-25-24(26(33)36-28(34)35-25)3-7-46-5-1-18-9-20(15-40)12-22(11-18)17-48-27(42)23-13-19(10-21(14-23)16-41)2-6-47-8-4-39-30(44)37-29(43)38-31(39)45/h9-15,27,41-42H,1-8,16-17H2,(H6,32,33,34,35,36)(H2,37,38,43,44,45). The number of nitrogens with two attached hydrogens (primary N) is 3. The van der Waals surface area contributed by atoms with Gasteiger partial charge >= 0.3 is 17.1 Å². The van der Waals surface area contributed by atoms with Crippen molar-refractivity contribution in [3.05, 3.63) is 107 Å². The zero-order valence-corrected chi connectivity index (χ0v) is 26.0. The summed E-state index contributed by atoms with van der Waals surface area (Å²) in [5.74, 6) is 0.414. The summed E-state index contributed by atoms with van der Waals surface area (Å²) in [6.45, 7) is 0.577. The topological polar surface area (TPSA) is 277 Å². The monoisotopic (exact) mass is 666 g/mol. The van der Waals surface area contributed by atoms with Crippen LogP contribution in [0.25, 0.3) is 0 Å². The fourth-order valence-electron chi connectivity index (χ4n) is 4.89. The van der Waals surface area contributed by atoms with Crippen LogP contribution in [-0.4, -0.2) is 67.4 Å². The number of nitrogens with one attached hydrogen (secondary N) is 2. The van der Waals surface area contributed by atoms with Gasteiger partial charge in [0.15, 0.2) is 6.29 Å². The molecule has 48 heavy (non-hydrogen) atoms. The average molecular weight is 667 g/mol. The Balaban J connectivity index is 1.28. The van der Waals surface area contributed by atoms with Crippen molar-refractivity contribution in [1.82, 2.24) is 24.5 Å². The molecule has 0 aliphatic heterocycles. The fraction of sp³-hybridized carbons (Fsp3) is 0.355. The van der Waals surface area contributed by atoms with Gasteiger partial charge in [-0.15, -0.1) is 0 Å². The quantitative estimate of drug-likeness (QED) is 0.0394. The number of hydrogen-bond acceptors (Lipinski definition) is 14. The largest absolute Gasteiger partial charge is 0.392 e. The Bertz CT molecular complexity index is 1830. The van der Waals surface area contributed by atoms with Crippen LogP contribution in [0.2, 0.25) is 0 Å². The Morgan fingerprint density at radius 3 is 2.00 bits per heavy atom. The number of benzene rings is 2. The summed E-state index contributed by atoms with van der Waals surface area (Å²) in [7, 11) is 0. The van der Waals surface area contributed by atoms with E-state index in [0.717, 1.165) is 22.0 Å². The lowest BCUT2D eigenvalue weighted by atomic mass is 10.0. The van der Waals surface area contributed by atoms with Crippen molar-refractivity contribution >= 4 is 23.9 Å². The number of aromatic amines is 2. The Morgan fingerprint density at radius 1 is 0.792 bits per heavy atom. The smallest absolute Gasteiger partial charge is 0.333 e. The summed E-state index contributed by atoms with van der Waals surface area (Å²) in [4.78, 5) is 58.1. The lowest BCUT2D eigenvalue weighted by Gasteiger charge is -2.16. The molecule has 2 heterocycles. The van der Waals surface area contributed by atoms with E-state index in [9.17, 15) is 29.4 Å². The second-order valence-electron chi connectivity index (χ2n) is 10.8. The third kappa shape index (κ3) is 10.1. The second-order valence-corrected chi connectivity index (χ2v) is 10.8. The normalized spacial score (nSPS) is 11.9. The van der Waals surface area contributed by atoms with Crippen molar-refractivity contribution in [1.29, 1.82) is 0 Å². The number of aldehydes is 1. The first kappa shape index (κ1) is 35.7. The number of rotatable bonds is 18. The van der Waals surface area contributed by atoms with Crippen molar-refractivity contribution in [3.8, 4) is 0 Å². The SMILES string of the molecule is Nc1nc(N)c(CCOCCc2cc(C=O)cc(COC(O)c3cc(CO)cc(CCOCCn4c(=O)[nH]c(=O)[nH]c4=O)c3)c2)c(N)n1. The number of ether oxygens (including phenoxy) is 3. The lowest BCUT2D eigenvalue weighted by molar-refractivity contribution is -0.112. The Morgan fingerprint density at radius 2 is 1.35 bits per heavy atom. The highest BCUT2D eigenvalue weighted by Crippen LogP contribution is 2.22. The number of H-pyrrole nitrogens is 2. The third-order valence-corrected chi connectivity index (χ3v) is 7.21. The fourth-order valence-corrected chi connectivity index (χ4v) is 4.89. The van der Waals surface area contributed by atoms with Crippen LogP contribution >= 0.6 is 0 Å². The van der Waals surface area contributed by atoms with Gasteiger partial charge in [0.2, 0.25) is 5.95 Å². The summed E-state index contributed by atoms with van der Waals surface area (Å²) >= 11 is 0. The number of aromatic nitrogens is 5. The minimum Gasteiger partial charge on any atom is -0.392 e. The number of nitrogens with zero attached hydrogens (tertiary/aromatic N) is 3. The van der Waals surface area contributed by atoms with Gasteiger partial charge in [0.05, 0.1) is 46.2 Å². The van der Waals surface area contributed by atoms with E-state index in [4.69, 9.17) is 31.4 Å². The molecule has 17 heteroatoms. The van der Waals surface area contributed by atoms with E-state index in [1.165, 1.54) is 0 Å². The van der Waals surface area contributed by atoms with Crippen LogP contribution in [0, 0.1) is 0 Å². The van der Waals surface area contributed by atoms with Crippen molar-refractivity contribution < 1.29 is 29.2 Å². The Hall–Kier alpha value is -5.20. The molecule has 0 aliphatic rings. The molecule has 256 valence electrons. The Labute approximate surface area is 273 Å². The van der Waals surface area contributed by atoms with Crippen molar-refractivity contribution in [2.24, 2.45) is 0 Å². The second kappa shape index (κ2) is 17.1. The minimum atomic E-state index is -1.33. The lowest BCUT2D eigenvalue weighted by Crippen LogP contribution is -2.43. The number of carbonyl (C=O) groups excluding carboxylic acids is 1. The van der Waals surface area contributed by atoms with Crippen molar-refractivity contribution in [3.63, 3.8) is 0 Å². The molecule has 0 saturated heterocycles. The first-order valence-electron chi connectivity index (χ1n) is 14.9. The number of aliphatic hydroxyl groups excluding tert-OH is 2. The summed E-state index contributed by atoms with van der Waals surface area (Å²) < 4.78 is 17.8.